The number of hydrogen-bond acceptors (Lipinski definition) is 5. The Morgan fingerprint density at radius 3 is 2.57 bits per heavy atom. The van der Waals surface area contributed by atoms with Crippen molar-refractivity contribution in [2.75, 3.05) is 30.3 Å². The number of rotatable bonds is 2. The number of anilines is 2. The van der Waals surface area contributed by atoms with Gasteiger partial charge in [0.15, 0.2) is 0 Å². The van der Waals surface area contributed by atoms with Crippen molar-refractivity contribution in [3.63, 3.8) is 0 Å². The third-order valence-electron chi connectivity index (χ3n) is 5.73. The van der Waals surface area contributed by atoms with Gasteiger partial charge in [-0.05, 0) is 69.9 Å². The summed E-state index contributed by atoms with van der Waals surface area (Å²) in [7, 11) is 0. The smallest absolute Gasteiger partial charge is 0.410 e. The number of amides is 1. The third kappa shape index (κ3) is 4.53. The van der Waals surface area contributed by atoms with Gasteiger partial charge in [-0.3, -0.25) is 4.98 Å². The van der Waals surface area contributed by atoms with Gasteiger partial charge in [0.25, 0.3) is 0 Å². The van der Waals surface area contributed by atoms with Crippen molar-refractivity contribution < 1.29 is 9.53 Å². The fraction of sp³-hybridized carbons (Fsp3) is 0.500. The van der Waals surface area contributed by atoms with Gasteiger partial charge >= 0.3 is 6.09 Å². The monoisotopic (exact) mass is 408 g/mol. The first-order chi connectivity index (χ1) is 14.3. The fourth-order valence-corrected chi connectivity index (χ4v) is 4.16. The molecule has 0 saturated carbocycles. The van der Waals surface area contributed by atoms with Crippen LogP contribution in [0.3, 0.4) is 0 Å². The van der Waals surface area contributed by atoms with E-state index in [1.807, 2.05) is 32.9 Å². The van der Waals surface area contributed by atoms with Crippen LogP contribution in [0.15, 0.2) is 30.3 Å². The van der Waals surface area contributed by atoms with E-state index in [-0.39, 0.29) is 6.09 Å². The van der Waals surface area contributed by atoms with Crippen LogP contribution >= 0.6 is 0 Å². The molecule has 1 amide bonds. The van der Waals surface area contributed by atoms with E-state index < -0.39 is 5.60 Å². The minimum absolute atomic E-state index is 0.268. The highest BCUT2D eigenvalue weighted by molar-refractivity contribution is 5.78. The van der Waals surface area contributed by atoms with E-state index in [0.29, 0.717) is 19.5 Å². The van der Waals surface area contributed by atoms with Gasteiger partial charge in [-0.25, -0.2) is 4.79 Å². The number of nitrogen functional groups attached to an aromatic ring is 1. The molecule has 0 atom stereocenters. The van der Waals surface area contributed by atoms with Crippen LogP contribution in [0.2, 0.25) is 0 Å². The van der Waals surface area contributed by atoms with Crippen LogP contribution in [-0.2, 0) is 17.7 Å². The number of fused-ring (bicyclic) bond motifs is 1. The lowest BCUT2D eigenvalue weighted by molar-refractivity contribution is 0.0223. The molecule has 4 rings (SSSR count). The molecule has 2 aliphatic rings. The van der Waals surface area contributed by atoms with E-state index in [4.69, 9.17) is 15.5 Å². The molecule has 0 bridgehead atoms. The van der Waals surface area contributed by atoms with Gasteiger partial charge in [0, 0.05) is 48.7 Å². The number of carbonyl (C=O) groups excluding carboxylic acids is 1. The zero-order valence-electron chi connectivity index (χ0n) is 18.3. The Hall–Kier alpha value is -2.76. The number of carbonyl (C=O) groups is 1. The number of hydrogen-bond donors (Lipinski definition) is 1. The second-order valence-electron chi connectivity index (χ2n) is 9.27. The van der Waals surface area contributed by atoms with Gasteiger partial charge in [-0.1, -0.05) is 6.07 Å². The average Bonchev–Trinajstić information content (AvgIpc) is 2.73. The van der Waals surface area contributed by atoms with E-state index in [1.54, 1.807) is 4.90 Å². The predicted octanol–water partition coefficient (Wildman–Crippen LogP) is 4.61. The van der Waals surface area contributed by atoms with Crippen molar-refractivity contribution in [1.29, 1.82) is 0 Å². The maximum atomic E-state index is 12.4. The topological polar surface area (TPSA) is 71.7 Å². The highest BCUT2D eigenvalue weighted by Crippen LogP contribution is 2.32. The zero-order chi connectivity index (χ0) is 21.3. The summed E-state index contributed by atoms with van der Waals surface area (Å²) in [6, 6.07) is 10.4. The van der Waals surface area contributed by atoms with Gasteiger partial charge in [0.1, 0.15) is 5.60 Å². The third-order valence-corrected chi connectivity index (χ3v) is 5.73. The summed E-state index contributed by atoms with van der Waals surface area (Å²) in [5, 5.41) is 0. The number of aromatic nitrogens is 1. The van der Waals surface area contributed by atoms with E-state index in [1.165, 1.54) is 24.9 Å². The van der Waals surface area contributed by atoms with Crippen LogP contribution in [0.5, 0.6) is 0 Å². The van der Waals surface area contributed by atoms with Crippen molar-refractivity contribution in [3.05, 3.63) is 41.6 Å². The summed E-state index contributed by atoms with van der Waals surface area (Å²) in [6.07, 6.45) is 4.24. The van der Waals surface area contributed by atoms with Crippen LogP contribution in [0.4, 0.5) is 16.2 Å². The van der Waals surface area contributed by atoms with E-state index in [9.17, 15) is 4.79 Å². The lowest BCUT2D eigenvalue weighted by Gasteiger charge is -2.31. The highest BCUT2D eigenvalue weighted by atomic mass is 16.6. The normalized spacial score (nSPS) is 16.9. The molecular formula is C24H32N4O2. The molecule has 160 valence electrons. The van der Waals surface area contributed by atoms with E-state index >= 15 is 0 Å². The molecule has 0 spiro atoms. The minimum Gasteiger partial charge on any atom is -0.444 e. The summed E-state index contributed by atoms with van der Waals surface area (Å²) < 4.78 is 5.52. The molecule has 6 heteroatoms. The zero-order valence-corrected chi connectivity index (χ0v) is 18.3. The first-order valence-electron chi connectivity index (χ1n) is 10.9. The quantitative estimate of drug-likeness (QED) is 0.735. The largest absolute Gasteiger partial charge is 0.444 e. The van der Waals surface area contributed by atoms with Gasteiger partial charge in [-0.15, -0.1) is 0 Å². The SMILES string of the molecule is CC(C)(C)OC(=O)N1CCc2nc(-c3cc(N4CCCCC4)ccc3N)ccc2C1. The number of nitrogens with two attached hydrogens (primary N) is 1. The van der Waals surface area contributed by atoms with E-state index in [2.05, 4.69) is 23.1 Å². The van der Waals surface area contributed by atoms with Gasteiger partial charge < -0.3 is 20.3 Å². The molecular weight excluding hydrogens is 376 g/mol. The molecule has 1 aromatic heterocycles. The van der Waals surface area contributed by atoms with Crippen molar-refractivity contribution in [2.24, 2.45) is 0 Å². The summed E-state index contributed by atoms with van der Waals surface area (Å²) in [5.41, 5.74) is 11.8. The van der Waals surface area contributed by atoms with Crippen LogP contribution in [-0.4, -0.2) is 41.2 Å². The van der Waals surface area contributed by atoms with Crippen molar-refractivity contribution in [1.82, 2.24) is 9.88 Å². The second kappa shape index (κ2) is 8.17. The standard InChI is InChI=1S/C24H32N4O2/c1-24(2,3)30-23(29)28-14-11-21-17(16-28)7-10-22(26-21)19-15-18(8-9-20(19)25)27-12-5-4-6-13-27/h7-10,15H,4-6,11-14,16,25H2,1-3H3. The molecule has 0 aliphatic carbocycles. The Morgan fingerprint density at radius 1 is 1.07 bits per heavy atom. The van der Waals surface area contributed by atoms with Crippen LogP contribution in [0.1, 0.15) is 51.3 Å². The Bertz CT molecular complexity index is 929. The van der Waals surface area contributed by atoms with Crippen LogP contribution < -0.4 is 10.6 Å². The molecule has 0 radical (unpaired) electrons. The number of benzene rings is 1. The molecule has 1 fully saturated rings. The summed E-state index contributed by atoms with van der Waals surface area (Å²) in [5.74, 6) is 0. The maximum absolute atomic E-state index is 12.4. The van der Waals surface area contributed by atoms with Crippen molar-refractivity contribution >= 4 is 17.5 Å². The minimum atomic E-state index is -0.490. The molecule has 0 unspecified atom stereocenters. The molecule has 6 nitrogen and oxygen atoms in total. The number of piperidine rings is 1. The Labute approximate surface area is 179 Å². The molecule has 30 heavy (non-hydrogen) atoms. The first kappa shape index (κ1) is 20.5. The van der Waals surface area contributed by atoms with Gasteiger partial charge in [-0.2, -0.15) is 0 Å². The van der Waals surface area contributed by atoms with Crippen molar-refractivity contribution in [2.45, 2.75) is 58.6 Å². The number of ether oxygens (including phenoxy) is 1. The molecule has 1 saturated heterocycles. The number of nitrogens with zero attached hydrogens (tertiary/aromatic N) is 3. The molecule has 1 aromatic carbocycles. The molecule has 2 N–H and O–H groups in total. The lowest BCUT2D eigenvalue weighted by Crippen LogP contribution is -2.40. The Balaban J connectivity index is 1.55. The lowest BCUT2D eigenvalue weighted by atomic mass is 10.0. The Morgan fingerprint density at radius 2 is 1.83 bits per heavy atom. The summed E-state index contributed by atoms with van der Waals surface area (Å²) in [4.78, 5) is 21.5. The Kier molecular flexibility index (Phi) is 5.58. The molecule has 2 aliphatic heterocycles. The molecule has 2 aromatic rings. The summed E-state index contributed by atoms with van der Waals surface area (Å²) >= 11 is 0. The predicted molar refractivity (Wildman–Crippen MR) is 120 cm³/mol. The summed E-state index contributed by atoms with van der Waals surface area (Å²) in [6.45, 7) is 9.00. The number of pyridine rings is 1. The molecule has 3 heterocycles. The van der Waals surface area contributed by atoms with Crippen LogP contribution in [0.25, 0.3) is 11.3 Å². The van der Waals surface area contributed by atoms with Gasteiger partial charge in [0.05, 0.1) is 12.2 Å². The van der Waals surface area contributed by atoms with E-state index in [0.717, 1.165) is 41.3 Å². The first-order valence-corrected chi connectivity index (χ1v) is 10.9. The van der Waals surface area contributed by atoms with Gasteiger partial charge in [0.2, 0.25) is 0 Å². The fourth-order valence-electron chi connectivity index (χ4n) is 4.16. The maximum Gasteiger partial charge on any atom is 0.410 e. The second-order valence-corrected chi connectivity index (χ2v) is 9.27. The van der Waals surface area contributed by atoms with Crippen LogP contribution in [0, 0.1) is 0 Å². The van der Waals surface area contributed by atoms with Crippen molar-refractivity contribution in [3.8, 4) is 11.3 Å². The highest BCUT2D eigenvalue weighted by Gasteiger charge is 2.26. The average molecular weight is 409 g/mol.